The largest absolute Gasteiger partial charge is 0.481 e. The van der Waals surface area contributed by atoms with Gasteiger partial charge in [-0.1, -0.05) is 61.8 Å². The van der Waals surface area contributed by atoms with Crippen molar-refractivity contribution in [3.8, 4) is 0 Å². The Labute approximate surface area is 199 Å². The molecule has 0 aliphatic carbocycles. The Hall–Kier alpha value is -3.27. The van der Waals surface area contributed by atoms with Crippen LogP contribution in [-0.2, 0) is 27.4 Å². The monoisotopic (exact) mass is 500 g/mol. The van der Waals surface area contributed by atoms with Gasteiger partial charge >= 0.3 is 18.2 Å². The summed E-state index contributed by atoms with van der Waals surface area (Å²) < 4.78 is 45.2. The van der Waals surface area contributed by atoms with E-state index in [0.29, 0.717) is 11.1 Å². The Kier molecular flexibility index (Phi) is 9.31. The molecule has 2 amide bonds. The molecule has 0 fully saturated rings. The summed E-state index contributed by atoms with van der Waals surface area (Å²) in [5, 5.41) is 13.4. The van der Waals surface area contributed by atoms with Crippen LogP contribution in [0.3, 0.4) is 0 Å². The van der Waals surface area contributed by atoms with Gasteiger partial charge < -0.3 is 20.5 Å². The van der Waals surface area contributed by atoms with Crippen LogP contribution < -0.4 is 10.6 Å². The van der Waals surface area contributed by atoms with Crippen LogP contribution in [0, 0.1) is 11.8 Å². The van der Waals surface area contributed by atoms with Gasteiger partial charge in [-0.05, 0) is 29.7 Å². The fourth-order valence-electron chi connectivity index (χ4n) is 2.94. The fourth-order valence-corrected chi connectivity index (χ4v) is 3.11. The van der Waals surface area contributed by atoms with Crippen LogP contribution in [0.5, 0.6) is 0 Å². The standard InChI is InChI=1S/C23H24ClF3N2O5/c1-13(21(31)32)10-16-8-9-17(24)18(11-16)28-20(30)19(14(2)23(25,26)27)29-22(33)34-12-15-6-4-3-5-7-15/h3-9,11,13-14,19H,10,12H2,1-2H3,(H,28,30)(H,29,33)(H,31,32)/t13-,14+,19-/m0/s1. The van der Waals surface area contributed by atoms with Crippen molar-refractivity contribution in [3.63, 3.8) is 0 Å². The minimum absolute atomic E-state index is 0.0133. The number of carboxylic acid groups (broad SMARTS) is 1. The zero-order chi connectivity index (χ0) is 25.5. The highest BCUT2D eigenvalue weighted by Gasteiger charge is 2.45. The number of aliphatic carboxylic acids is 1. The number of carbonyl (C=O) groups is 3. The second-order valence-corrected chi connectivity index (χ2v) is 8.17. The minimum atomic E-state index is -4.79. The van der Waals surface area contributed by atoms with Gasteiger partial charge in [-0.15, -0.1) is 0 Å². The number of ether oxygens (including phenoxy) is 1. The Morgan fingerprint density at radius 3 is 2.29 bits per heavy atom. The lowest BCUT2D eigenvalue weighted by molar-refractivity contribution is -0.178. The Balaban J connectivity index is 2.17. The molecule has 2 aromatic rings. The Morgan fingerprint density at radius 2 is 1.71 bits per heavy atom. The summed E-state index contributed by atoms with van der Waals surface area (Å²) >= 11 is 6.07. The molecule has 2 aromatic carbocycles. The van der Waals surface area contributed by atoms with E-state index in [-0.39, 0.29) is 23.7 Å². The molecule has 7 nitrogen and oxygen atoms in total. The van der Waals surface area contributed by atoms with Gasteiger partial charge in [0.05, 0.1) is 22.5 Å². The molecule has 2 rings (SSSR count). The van der Waals surface area contributed by atoms with Gasteiger partial charge in [0.25, 0.3) is 0 Å². The number of rotatable bonds is 9. The number of hydrogen-bond acceptors (Lipinski definition) is 4. The predicted octanol–water partition coefficient (Wildman–Crippen LogP) is 5.04. The van der Waals surface area contributed by atoms with Gasteiger partial charge in [-0.2, -0.15) is 13.2 Å². The molecule has 0 aromatic heterocycles. The van der Waals surface area contributed by atoms with Crippen molar-refractivity contribution in [1.29, 1.82) is 0 Å². The molecular formula is C23H24ClF3N2O5. The maximum atomic E-state index is 13.4. The van der Waals surface area contributed by atoms with E-state index in [1.807, 2.05) is 5.32 Å². The van der Waals surface area contributed by atoms with E-state index in [9.17, 15) is 27.6 Å². The summed E-state index contributed by atoms with van der Waals surface area (Å²) in [6, 6.07) is 10.8. The molecule has 0 unspecified atom stereocenters. The van der Waals surface area contributed by atoms with Crippen LogP contribution in [-0.4, -0.2) is 35.3 Å². The molecule has 0 spiro atoms. The van der Waals surface area contributed by atoms with Crippen molar-refractivity contribution in [2.75, 3.05) is 5.32 Å². The summed E-state index contributed by atoms with van der Waals surface area (Å²) in [5.74, 6) is -5.17. The molecule has 3 atom stereocenters. The number of anilines is 1. The first-order valence-corrected chi connectivity index (χ1v) is 10.6. The van der Waals surface area contributed by atoms with Crippen molar-refractivity contribution in [2.45, 2.75) is 39.1 Å². The first-order chi connectivity index (χ1) is 15.9. The minimum Gasteiger partial charge on any atom is -0.481 e. The number of carbonyl (C=O) groups excluding carboxylic acids is 2. The van der Waals surface area contributed by atoms with Crippen LogP contribution in [0.4, 0.5) is 23.7 Å². The topological polar surface area (TPSA) is 105 Å². The highest BCUT2D eigenvalue weighted by molar-refractivity contribution is 6.33. The highest BCUT2D eigenvalue weighted by atomic mass is 35.5. The molecule has 3 N–H and O–H groups in total. The molecule has 11 heteroatoms. The van der Waals surface area contributed by atoms with Gasteiger partial charge in [-0.3, -0.25) is 9.59 Å². The lowest BCUT2D eigenvalue weighted by Crippen LogP contribution is -2.51. The lowest BCUT2D eigenvalue weighted by Gasteiger charge is -2.26. The first-order valence-electron chi connectivity index (χ1n) is 10.2. The van der Waals surface area contributed by atoms with Crippen LogP contribution in [0.15, 0.2) is 48.5 Å². The zero-order valence-corrected chi connectivity index (χ0v) is 19.1. The van der Waals surface area contributed by atoms with Gasteiger partial charge in [0.2, 0.25) is 5.91 Å². The molecule has 34 heavy (non-hydrogen) atoms. The Morgan fingerprint density at radius 1 is 1.06 bits per heavy atom. The molecule has 0 saturated carbocycles. The number of halogens is 4. The highest BCUT2D eigenvalue weighted by Crippen LogP contribution is 2.30. The van der Waals surface area contributed by atoms with E-state index in [1.165, 1.54) is 19.1 Å². The lowest BCUT2D eigenvalue weighted by atomic mass is 9.99. The SMILES string of the molecule is C[C@H]([C@H](NC(=O)OCc1ccccc1)C(=O)Nc1cc(C[C@H](C)C(=O)O)ccc1Cl)C(F)(F)F. The van der Waals surface area contributed by atoms with Gasteiger partial charge in [0.1, 0.15) is 12.6 Å². The van der Waals surface area contributed by atoms with Gasteiger partial charge in [0.15, 0.2) is 0 Å². The van der Waals surface area contributed by atoms with E-state index >= 15 is 0 Å². The van der Waals surface area contributed by atoms with Crippen molar-refractivity contribution < 1.29 is 37.4 Å². The quantitative estimate of drug-likeness (QED) is 0.447. The van der Waals surface area contributed by atoms with Gasteiger partial charge in [0, 0.05) is 0 Å². The van der Waals surface area contributed by atoms with E-state index in [4.69, 9.17) is 21.4 Å². The number of nitrogens with one attached hydrogen (secondary N) is 2. The van der Waals surface area contributed by atoms with E-state index in [2.05, 4.69) is 5.32 Å². The van der Waals surface area contributed by atoms with Crippen LogP contribution in [0.2, 0.25) is 5.02 Å². The van der Waals surface area contributed by atoms with Crippen molar-refractivity contribution >= 4 is 35.3 Å². The number of carboxylic acids is 1. The summed E-state index contributed by atoms with van der Waals surface area (Å²) in [7, 11) is 0. The maximum Gasteiger partial charge on any atom is 0.408 e. The van der Waals surface area contributed by atoms with Crippen molar-refractivity contribution in [1.82, 2.24) is 5.32 Å². The predicted molar refractivity (Wildman–Crippen MR) is 119 cm³/mol. The summed E-state index contributed by atoms with van der Waals surface area (Å²) in [5.41, 5.74) is 1.10. The molecule has 0 aliphatic rings. The molecule has 0 radical (unpaired) electrons. The fraction of sp³-hybridized carbons (Fsp3) is 0.348. The molecule has 0 aliphatic heterocycles. The van der Waals surface area contributed by atoms with Crippen LogP contribution in [0.25, 0.3) is 0 Å². The normalized spacial score (nSPS) is 13.9. The summed E-state index contributed by atoms with van der Waals surface area (Å²) in [6.45, 7) is 2.05. The number of benzene rings is 2. The molecule has 184 valence electrons. The second kappa shape index (κ2) is 11.7. The van der Waals surface area contributed by atoms with Crippen LogP contribution >= 0.6 is 11.6 Å². The molecule has 0 heterocycles. The zero-order valence-electron chi connectivity index (χ0n) is 18.4. The van der Waals surface area contributed by atoms with Crippen molar-refractivity contribution in [2.24, 2.45) is 11.8 Å². The van der Waals surface area contributed by atoms with E-state index in [0.717, 1.165) is 6.92 Å². The summed E-state index contributed by atoms with van der Waals surface area (Å²) in [6.07, 6.45) is -5.88. The third kappa shape index (κ3) is 7.95. The van der Waals surface area contributed by atoms with Crippen molar-refractivity contribution in [3.05, 3.63) is 64.7 Å². The van der Waals surface area contributed by atoms with E-state index < -0.39 is 42.0 Å². The maximum absolute atomic E-state index is 13.4. The second-order valence-electron chi connectivity index (χ2n) is 7.76. The van der Waals surface area contributed by atoms with E-state index in [1.54, 1.807) is 36.4 Å². The third-order valence-electron chi connectivity index (χ3n) is 5.04. The number of hydrogen-bond donors (Lipinski definition) is 3. The smallest absolute Gasteiger partial charge is 0.408 e. The number of alkyl halides is 3. The Bertz CT molecular complexity index is 1020. The molecule has 0 saturated heterocycles. The number of amides is 2. The molecule has 0 bridgehead atoms. The van der Waals surface area contributed by atoms with Gasteiger partial charge in [-0.25, -0.2) is 4.79 Å². The first kappa shape index (κ1) is 27.0. The number of alkyl carbamates (subject to hydrolysis) is 1. The average Bonchev–Trinajstić information content (AvgIpc) is 2.77. The average molecular weight is 501 g/mol. The summed E-state index contributed by atoms with van der Waals surface area (Å²) in [4.78, 5) is 36.0. The van der Waals surface area contributed by atoms with Crippen LogP contribution in [0.1, 0.15) is 25.0 Å². The molecular weight excluding hydrogens is 477 g/mol. The third-order valence-corrected chi connectivity index (χ3v) is 5.37.